The third-order valence-electron chi connectivity index (χ3n) is 4.30. The molecular weight excluding hydrogens is 365 g/mol. The topological polar surface area (TPSA) is 82.4 Å². The zero-order chi connectivity index (χ0) is 20.1. The van der Waals surface area contributed by atoms with E-state index in [4.69, 9.17) is 9.47 Å². The minimum absolute atomic E-state index is 0.136. The number of methoxy groups -OCH3 is 2. The first-order valence-electron chi connectivity index (χ1n) is 8.64. The van der Waals surface area contributed by atoms with Crippen LogP contribution in [0.25, 0.3) is 10.9 Å². The summed E-state index contributed by atoms with van der Waals surface area (Å²) in [7, 11) is 3.15. The van der Waals surface area contributed by atoms with Gasteiger partial charge in [-0.3, -0.25) is 14.2 Å². The number of fused-ring (bicyclic) bond motifs is 1. The number of benzene rings is 2. The molecule has 1 N–H and O–H groups in total. The van der Waals surface area contributed by atoms with Gasteiger partial charge >= 0.3 is 0 Å². The van der Waals surface area contributed by atoms with E-state index >= 15 is 0 Å². The molecule has 2 aromatic carbocycles. The first-order chi connectivity index (χ1) is 13.5. The average molecular weight is 385 g/mol. The van der Waals surface area contributed by atoms with Crippen LogP contribution in [0.1, 0.15) is 5.56 Å². The van der Waals surface area contributed by atoms with Gasteiger partial charge < -0.3 is 14.8 Å². The molecule has 8 heteroatoms. The Kier molecular flexibility index (Phi) is 5.88. The molecule has 0 aliphatic heterocycles. The monoisotopic (exact) mass is 385 g/mol. The number of halogens is 1. The third kappa shape index (κ3) is 4.28. The van der Waals surface area contributed by atoms with Crippen molar-refractivity contribution in [2.75, 3.05) is 20.8 Å². The fourth-order valence-corrected chi connectivity index (χ4v) is 2.87. The molecule has 0 radical (unpaired) electrons. The predicted octanol–water partition coefficient (Wildman–Crippen LogP) is 1.91. The summed E-state index contributed by atoms with van der Waals surface area (Å²) in [5.74, 6) is 0.525. The molecular formula is C20H20FN3O4. The van der Waals surface area contributed by atoms with Crippen LogP contribution in [0.4, 0.5) is 4.39 Å². The molecule has 0 atom stereocenters. The molecule has 146 valence electrons. The van der Waals surface area contributed by atoms with Gasteiger partial charge in [-0.05, 0) is 48.4 Å². The van der Waals surface area contributed by atoms with Crippen LogP contribution in [-0.4, -0.2) is 36.2 Å². The van der Waals surface area contributed by atoms with Crippen LogP contribution in [0.15, 0.2) is 47.5 Å². The fourth-order valence-electron chi connectivity index (χ4n) is 2.87. The number of amides is 1. The third-order valence-corrected chi connectivity index (χ3v) is 4.30. The first-order valence-corrected chi connectivity index (χ1v) is 8.64. The van der Waals surface area contributed by atoms with E-state index in [1.165, 1.54) is 18.5 Å². The Bertz CT molecular complexity index is 1060. The van der Waals surface area contributed by atoms with Crippen molar-refractivity contribution < 1.29 is 18.7 Å². The summed E-state index contributed by atoms with van der Waals surface area (Å²) in [4.78, 5) is 28.7. The number of ether oxygens (including phenoxy) is 2. The van der Waals surface area contributed by atoms with Crippen molar-refractivity contribution in [1.29, 1.82) is 0 Å². The van der Waals surface area contributed by atoms with E-state index in [9.17, 15) is 14.0 Å². The van der Waals surface area contributed by atoms with Gasteiger partial charge in [0.2, 0.25) is 5.91 Å². The minimum atomic E-state index is -0.527. The second-order valence-corrected chi connectivity index (χ2v) is 6.12. The number of nitrogens with zero attached hydrogens (tertiary/aromatic N) is 2. The second-order valence-electron chi connectivity index (χ2n) is 6.12. The Labute approximate surface area is 160 Å². The molecule has 0 saturated carbocycles. The van der Waals surface area contributed by atoms with Crippen molar-refractivity contribution in [2.45, 2.75) is 13.0 Å². The summed E-state index contributed by atoms with van der Waals surface area (Å²) in [6.07, 6.45) is 1.81. The highest BCUT2D eigenvalue weighted by Gasteiger charge is 2.10. The van der Waals surface area contributed by atoms with Crippen molar-refractivity contribution in [3.63, 3.8) is 0 Å². The molecule has 0 saturated heterocycles. The van der Waals surface area contributed by atoms with Crippen LogP contribution in [0.3, 0.4) is 0 Å². The number of hydrogen-bond donors (Lipinski definition) is 1. The molecule has 0 fully saturated rings. The molecule has 1 heterocycles. The van der Waals surface area contributed by atoms with E-state index in [0.29, 0.717) is 30.0 Å². The smallest absolute Gasteiger partial charge is 0.261 e. The van der Waals surface area contributed by atoms with Gasteiger partial charge in [0.25, 0.3) is 5.56 Å². The molecule has 0 aliphatic rings. The van der Waals surface area contributed by atoms with Crippen LogP contribution in [0.2, 0.25) is 0 Å². The minimum Gasteiger partial charge on any atom is -0.497 e. The van der Waals surface area contributed by atoms with Gasteiger partial charge in [0, 0.05) is 6.54 Å². The Balaban J connectivity index is 1.65. The van der Waals surface area contributed by atoms with Gasteiger partial charge in [-0.25, -0.2) is 9.37 Å². The quantitative estimate of drug-likeness (QED) is 0.672. The lowest BCUT2D eigenvalue weighted by atomic mass is 10.1. The summed E-state index contributed by atoms with van der Waals surface area (Å²) >= 11 is 0. The SMILES string of the molecule is COc1ccc(OC)c(CCNC(=O)Cn2cnc3ccc(F)cc3c2=O)c1. The summed E-state index contributed by atoms with van der Waals surface area (Å²) in [6.45, 7) is 0.153. The van der Waals surface area contributed by atoms with Crippen molar-refractivity contribution >= 4 is 16.8 Å². The lowest BCUT2D eigenvalue weighted by Crippen LogP contribution is -2.33. The highest BCUT2D eigenvalue weighted by atomic mass is 19.1. The molecule has 1 amide bonds. The van der Waals surface area contributed by atoms with Crippen molar-refractivity contribution in [2.24, 2.45) is 0 Å². The Morgan fingerprint density at radius 1 is 1.18 bits per heavy atom. The molecule has 0 unspecified atom stereocenters. The van der Waals surface area contributed by atoms with E-state index in [2.05, 4.69) is 10.3 Å². The summed E-state index contributed by atoms with van der Waals surface area (Å²) in [5.41, 5.74) is 0.810. The summed E-state index contributed by atoms with van der Waals surface area (Å²) < 4.78 is 25.1. The van der Waals surface area contributed by atoms with Crippen LogP contribution in [-0.2, 0) is 17.8 Å². The largest absolute Gasteiger partial charge is 0.497 e. The number of carbonyl (C=O) groups excluding carboxylic acids is 1. The van der Waals surface area contributed by atoms with Gasteiger partial charge in [-0.2, -0.15) is 0 Å². The zero-order valence-corrected chi connectivity index (χ0v) is 15.6. The van der Waals surface area contributed by atoms with Gasteiger partial charge in [-0.1, -0.05) is 0 Å². The Morgan fingerprint density at radius 3 is 2.75 bits per heavy atom. The Hall–Kier alpha value is -3.42. The summed E-state index contributed by atoms with van der Waals surface area (Å²) in [5, 5.41) is 2.89. The molecule has 3 aromatic rings. The van der Waals surface area contributed by atoms with E-state index < -0.39 is 11.4 Å². The van der Waals surface area contributed by atoms with Crippen LogP contribution in [0.5, 0.6) is 11.5 Å². The van der Waals surface area contributed by atoms with Crippen LogP contribution < -0.4 is 20.3 Å². The van der Waals surface area contributed by atoms with E-state index in [-0.39, 0.29) is 17.8 Å². The van der Waals surface area contributed by atoms with Gasteiger partial charge in [-0.15, -0.1) is 0 Å². The first kappa shape index (κ1) is 19.3. The van der Waals surface area contributed by atoms with Crippen LogP contribution >= 0.6 is 0 Å². The molecule has 0 aliphatic carbocycles. The van der Waals surface area contributed by atoms with Gasteiger partial charge in [0.15, 0.2) is 0 Å². The van der Waals surface area contributed by atoms with Gasteiger partial charge in [0.05, 0.1) is 31.4 Å². The van der Waals surface area contributed by atoms with Crippen LogP contribution in [0, 0.1) is 5.82 Å². The highest BCUT2D eigenvalue weighted by Crippen LogP contribution is 2.24. The molecule has 0 bridgehead atoms. The summed E-state index contributed by atoms with van der Waals surface area (Å²) in [6, 6.07) is 9.22. The predicted molar refractivity (Wildman–Crippen MR) is 102 cm³/mol. The zero-order valence-electron chi connectivity index (χ0n) is 15.6. The maximum absolute atomic E-state index is 13.4. The lowest BCUT2D eigenvalue weighted by molar-refractivity contribution is -0.121. The molecule has 3 rings (SSSR count). The van der Waals surface area contributed by atoms with Crippen molar-refractivity contribution in [1.82, 2.24) is 14.9 Å². The molecule has 1 aromatic heterocycles. The number of carbonyl (C=O) groups is 1. The van der Waals surface area contributed by atoms with E-state index in [1.807, 2.05) is 6.07 Å². The second kappa shape index (κ2) is 8.51. The standard InChI is InChI=1S/C20H20FN3O4/c1-27-15-4-6-18(28-2)13(9-15)7-8-22-19(25)11-24-12-23-17-5-3-14(21)10-16(17)20(24)26/h3-6,9-10,12H,7-8,11H2,1-2H3,(H,22,25). The average Bonchev–Trinajstić information content (AvgIpc) is 2.70. The number of rotatable bonds is 7. The fraction of sp³-hybridized carbons (Fsp3) is 0.250. The highest BCUT2D eigenvalue weighted by molar-refractivity contribution is 5.79. The lowest BCUT2D eigenvalue weighted by Gasteiger charge is -2.11. The van der Waals surface area contributed by atoms with Crippen molar-refractivity contribution in [3.8, 4) is 11.5 Å². The number of nitrogens with one attached hydrogen (secondary N) is 1. The Morgan fingerprint density at radius 2 is 2.00 bits per heavy atom. The number of hydrogen-bond acceptors (Lipinski definition) is 5. The van der Waals surface area contributed by atoms with Crippen molar-refractivity contribution in [3.05, 3.63) is 64.5 Å². The molecule has 28 heavy (non-hydrogen) atoms. The normalized spacial score (nSPS) is 10.7. The maximum Gasteiger partial charge on any atom is 0.261 e. The maximum atomic E-state index is 13.4. The van der Waals surface area contributed by atoms with Gasteiger partial charge in [0.1, 0.15) is 23.9 Å². The molecule has 7 nitrogen and oxygen atoms in total. The molecule has 0 spiro atoms. The van der Waals surface area contributed by atoms with E-state index in [1.54, 1.807) is 26.4 Å². The van der Waals surface area contributed by atoms with E-state index in [0.717, 1.165) is 16.2 Å². The number of aromatic nitrogens is 2.